The third kappa shape index (κ3) is 1.98. The van der Waals surface area contributed by atoms with Crippen LogP contribution in [0.1, 0.15) is 0 Å². The smallest absolute Gasteiger partial charge is 0.184 e. The Kier molecular flexibility index (Phi) is 3.60. The van der Waals surface area contributed by atoms with Crippen molar-refractivity contribution in [2.24, 2.45) is 0 Å². The van der Waals surface area contributed by atoms with E-state index in [0.717, 1.165) is 0 Å². The second-order valence-corrected chi connectivity index (χ2v) is 2.93. The normalized spacial score (nSPS) is 42.2. The van der Waals surface area contributed by atoms with Crippen LogP contribution in [0, 0.1) is 0 Å². The Morgan fingerprint density at radius 3 is 2.23 bits per heavy atom. The Morgan fingerprint density at radius 1 is 1.31 bits per heavy atom. The van der Waals surface area contributed by atoms with Gasteiger partial charge in [-0.2, -0.15) is 0 Å². The average molecular weight is 194 g/mol. The van der Waals surface area contributed by atoms with Crippen molar-refractivity contribution in [2.75, 3.05) is 13.7 Å². The molecule has 0 aliphatic carbocycles. The van der Waals surface area contributed by atoms with Gasteiger partial charge in [-0.25, -0.2) is 0 Å². The maximum Gasteiger partial charge on any atom is 0.184 e. The number of ether oxygens (including phenoxy) is 2. The van der Waals surface area contributed by atoms with Gasteiger partial charge < -0.3 is 29.9 Å². The number of hydrogen-bond acceptors (Lipinski definition) is 6. The maximum atomic E-state index is 9.33. The second-order valence-electron chi connectivity index (χ2n) is 2.93. The van der Waals surface area contributed by atoms with Gasteiger partial charge in [-0.05, 0) is 0 Å². The number of aliphatic hydroxyl groups is 4. The lowest BCUT2D eigenvalue weighted by atomic mass is 10.1. The molecule has 1 rings (SSSR count). The molecule has 0 radical (unpaired) electrons. The molecule has 0 aromatic carbocycles. The van der Waals surface area contributed by atoms with E-state index < -0.39 is 30.7 Å². The van der Waals surface area contributed by atoms with Gasteiger partial charge in [0.2, 0.25) is 0 Å². The van der Waals surface area contributed by atoms with Crippen LogP contribution in [0.3, 0.4) is 0 Å². The minimum atomic E-state index is -1.43. The highest BCUT2D eigenvalue weighted by atomic mass is 16.7. The topological polar surface area (TPSA) is 99.4 Å². The number of aliphatic hydroxyl groups excluding tert-OH is 4. The van der Waals surface area contributed by atoms with Crippen molar-refractivity contribution < 1.29 is 29.9 Å². The van der Waals surface area contributed by atoms with Gasteiger partial charge in [0.1, 0.15) is 24.4 Å². The molecular weight excluding hydrogens is 180 g/mol. The Morgan fingerprint density at radius 2 is 1.92 bits per heavy atom. The summed E-state index contributed by atoms with van der Waals surface area (Å²) in [5.41, 5.74) is 0. The number of hydrogen-bond donors (Lipinski definition) is 4. The van der Waals surface area contributed by atoms with Crippen LogP contribution < -0.4 is 0 Å². The van der Waals surface area contributed by atoms with Crippen LogP contribution in [-0.4, -0.2) is 64.8 Å². The molecule has 0 bridgehead atoms. The molecule has 5 atom stereocenters. The maximum absolute atomic E-state index is 9.33. The third-order valence-corrected chi connectivity index (χ3v) is 2.12. The highest BCUT2D eigenvalue weighted by Crippen LogP contribution is 2.23. The molecule has 0 saturated carbocycles. The van der Waals surface area contributed by atoms with E-state index in [1.807, 2.05) is 0 Å². The molecule has 13 heavy (non-hydrogen) atoms. The van der Waals surface area contributed by atoms with Gasteiger partial charge in [0, 0.05) is 7.11 Å². The molecule has 4 N–H and O–H groups in total. The summed E-state index contributed by atoms with van der Waals surface area (Å²) < 4.78 is 9.59. The first kappa shape index (κ1) is 10.8. The van der Waals surface area contributed by atoms with Crippen molar-refractivity contribution in [3.05, 3.63) is 0 Å². The fourth-order valence-corrected chi connectivity index (χ4v) is 1.31. The van der Waals surface area contributed by atoms with E-state index in [2.05, 4.69) is 0 Å². The van der Waals surface area contributed by atoms with E-state index in [0.29, 0.717) is 0 Å². The Labute approximate surface area is 75.3 Å². The fraction of sp³-hybridized carbons (Fsp3) is 1.00. The lowest BCUT2D eigenvalue weighted by Gasteiger charge is -2.21. The summed E-state index contributed by atoms with van der Waals surface area (Å²) in [7, 11) is 1.34. The highest BCUT2D eigenvalue weighted by molar-refractivity contribution is 4.90. The minimum Gasteiger partial charge on any atom is -0.394 e. The van der Waals surface area contributed by atoms with E-state index in [9.17, 15) is 5.11 Å². The number of methoxy groups -OCH3 is 1. The van der Waals surface area contributed by atoms with E-state index >= 15 is 0 Å². The molecule has 1 fully saturated rings. The van der Waals surface area contributed by atoms with Crippen molar-refractivity contribution >= 4 is 0 Å². The molecule has 0 aromatic heterocycles. The molecule has 1 saturated heterocycles. The summed E-state index contributed by atoms with van der Waals surface area (Å²) in [4.78, 5) is 0. The van der Waals surface area contributed by atoms with Crippen molar-refractivity contribution in [3.8, 4) is 0 Å². The largest absolute Gasteiger partial charge is 0.394 e. The van der Waals surface area contributed by atoms with Crippen molar-refractivity contribution in [3.63, 3.8) is 0 Å². The van der Waals surface area contributed by atoms with Gasteiger partial charge in [0.25, 0.3) is 0 Å². The van der Waals surface area contributed by atoms with Crippen LogP contribution in [0.5, 0.6) is 0 Å². The van der Waals surface area contributed by atoms with E-state index in [1.54, 1.807) is 0 Å². The monoisotopic (exact) mass is 194 g/mol. The SMILES string of the molecule is CO[C@H](CO)[C@@H]1O[C@H](O)[C@H](O)[C@H]1O. The lowest BCUT2D eigenvalue weighted by Crippen LogP contribution is -2.41. The average Bonchev–Trinajstić information content (AvgIpc) is 2.36. The molecule has 0 amide bonds. The Bertz CT molecular complexity index is 157. The summed E-state index contributed by atoms with van der Waals surface area (Å²) in [5, 5.41) is 36.3. The quantitative estimate of drug-likeness (QED) is 0.394. The van der Waals surface area contributed by atoms with Crippen LogP contribution in [-0.2, 0) is 9.47 Å². The molecule has 0 unspecified atom stereocenters. The standard InChI is InChI=1S/C7H14O6/c1-12-3(2-8)6-4(9)5(10)7(11)13-6/h3-11H,2H2,1H3/t3-,4-,5-,6+,7+/m1/s1. The molecule has 0 spiro atoms. The fourth-order valence-electron chi connectivity index (χ4n) is 1.31. The zero-order valence-electron chi connectivity index (χ0n) is 7.20. The van der Waals surface area contributed by atoms with Gasteiger partial charge in [-0.3, -0.25) is 0 Å². The van der Waals surface area contributed by atoms with E-state index in [4.69, 9.17) is 24.8 Å². The first-order valence-corrected chi connectivity index (χ1v) is 3.95. The summed E-state index contributed by atoms with van der Waals surface area (Å²) in [5.74, 6) is 0. The van der Waals surface area contributed by atoms with Gasteiger partial charge in [-0.1, -0.05) is 0 Å². The van der Waals surface area contributed by atoms with Crippen molar-refractivity contribution in [2.45, 2.75) is 30.7 Å². The van der Waals surface area contributed by atoms with Crippen LogP contribution in [0.25, 0.3) is 0 Å². The van der Waals surface area contributed by atoms with Crippen LogP contribution in [0.2, 0.25) is 0 Å². The second kappa shape index (κ2) is 4.32. The van der Waals surface area contributed by atoms with Crippen LogP contribution >= 0.6 is 0 Å². The molecule has 6 nitrogen and oxygen atoms in total. The first-order chi connectivity index (χ1) is 6.11. The molecule has 0 aromatic rings. The molecule has 1 heterocycles. The molecular formula is C7H14O6. The zero-order valence-corrected chi connectivity index (χ0v) is 7.20. The van der Waals surface area contributed by atoms with E-state index in [1.165, 1.54) is 7.11 Å². The van der Waals surface area contributed by atoms with Gasteiger partial charge in [0.15, 0.2) is 6.29 Å². The minimum absolute atomic E-state index is 0.350. The first-order valence-electron chi connectivity index (χ1n) is 3.95. The van der Waals surface area contributed by atoms with E-state index in [-0.39, 0.29) is 6.61 Å². The van der Waals surface area contributed by atoms with Crippen molar-refractivity contribution in [1.29, 1.82) is 0 Å². The van der Waals surface area contributed by atoms with Gasteiger partial charge >= 0.3 is 0 Å². The van der Waals surface area contributed by atoms with Crippen LogP contribution in [0.15, 0.2) is 0 Å². The van der Waals surface area contributed by atoms with Crippen molar-refractivity contribution in [1.82, 2.24) is 0 Å². The van der Waals surface area contributed by atoms with Gasteiger partial charge in [0.05, 0.1) is 6.61 Å². The molecule has 1 aliphatic heterocycles. The predicted octanol–water partition coefficient (Wildman–Crippen LogP) is -2.57. The summed E-state index contributed by atoms with van der Waals surface area (Å²) in [6, 6.07) is 0. The number of rotatable bonds is 3. The lowest BCUT2D eigenvalue weighted by molar-refractivity contribution is -0.155. The Balaban J connectivity index is 2.61. The summed E-state index contributed by atoms with van der Waals surface area (Å²) >= 11 is 0. The van der Waals surface area contributed by atoms with Gasteiger partial charge in [-0.15, -0.1) is 0 Å². The molecule has 6 heteroatoms. The third-order valence-electron chi connectivity index (χ3n) is 2.12. The summed E-state index contributed by atoms with van der Waals surface area (Å²) in [6.45, 7) is -0.350. The molecule has 1 aliphatic rings. The van der Waals surface area contributed by atoms with Crippen LogP contribution in [0.4, 0.5) is 0 Å². The summed E-state index contributed by atoms with van der Waals surface area (Å²) in [6.07, 6.45) is -5.67. The molecule has 78 valence electrons. The predicted molar refractivity (Wildman–Crippen MR) is 40.8 cm³/mol. The highest BCUT2D eigenvalue weighted by Gasteiger charge is 2.45. The Hall–Kier alpha value is -0.240. The zero-order chi connectivity index (χ0) is 10.0.